The van der Waals surface area contributed by atoms with Gasteiger partial charge < -0.3 is 10.6 Å². The van der Waals surface area contributed by atoms with Gasteiger partial charge in [-0.15, -0.1) is 0 Å². The molecule has 108 valence electrons. The fourth-order valence-electron chi connectivity index (χ4n) is 2.52. The van der Waals surface area contributed by atoms with Gasteiger partial charge in [0, 0.05) is 24.1 Å². The van der Waals surface area contributed by atoms with Crippen LogP contribution >= 0.6 is 11.6 Å². The smallest absolute Gasteiger partial charge is 0.230 e. The van der Waals surface area contributed by atoms with Gasteiger partial charge in [0.2, 0.25) is 5.91 Å². The molecule has 5 heteroatoms. The Labute approximate surface area is 128 Å². The number of nitrogens with zero attached hydrogens (tertiary/aromatic N) is 1. The summed E-state index contributed by atoms with van der Waals surface area (Å²) in [6, 6.07) is 9.54. The van der Waals surface area contributed by atoms with E-state index in [-0.39, 0.29) is 12.3 Å². The third-order valence-corrected chi connectivity index (χ3v) is 3.77. The molecule has 0 spiro atoms. The number of hydrogen-bond donors (Lipinski definition) is 2. The topological polar surface area (TPSA) is 54.0 Å². The molecule has 0 radical (unpaired) electrons. The minimum absolute atomic E-state index is 0.0586. The van der Waals surface area contributed by atoms with Gasteiger partial charge in [0.05, 0.1) is 11.4 Å². The first kappa shape index (κ1) is 14.0. The molecule has 1 aromatic carbocycles. The summed E-state index contributed by atoms with van der Waals surface area (Å²) < 4.78 is 0. The average molecular weight is 302 g/mol. The number of benzene rings is 1. The fraction of sp³-hybridized carbons (Fsp3) is 0.250. The van der Waals surface area contributed by atoms with Crippen LogP contribution in [0.25, 0.3) is 0 Å². The minimum atomic E-state index is -0.0586. The predicted molar refractivity (Wildman–Crippen MR) is 83.4 cm³/mol. The average Bonchev–Trinajstić information content (AvgIpc) is 2.50. The summed E-state index contributed by atoms with van der Waals surface area (Å²) in [7, 11) is 0. The lowest BCUT2D eigenvalue weighted by molar-refractivity contribution is -0.115. The molecule has 0 saturated carbocycles. The number of hydrogen-bond acceptors (Lipinski definition) is 3. The van der Waals surface area contributed by atoms with Crippen LogP contribution in [0.5, 0.6) is 0 Å². The van der Waals surface area contributed by atoms with Crippen molar-refractivity contribution in [1.29, 1.82) is 0 Å². The number of aromatic nitrogens is 1. The number of carbonyl (C=O) groups is 1. The standard InChI is InChI=1S/C16H16ClN3O/c17-12-4-5-13(19-10-12)8-16(21)20-15-3-1-2-11-9-18-7-6-14(11)15/h1-5,10,18H,6-9H2,(H,20,21). The summed E-state index contributed by atoms with van der Waals surface area (Å²) in [5, 5.41) is 6.90. The molecule has 0 atom stereocenters. The van der Waals surface area contributed by atoms with Crippen LogP contribution in [0.15, 0.2) is 36.5 Å². The zero-order chi connectivity index (χ0) is 14.7. The monoisotopic (exact) mass is 301 g/mol. The predicted octanol–water partition coefficient (Wildman–Crippen LogP) is 2.56. The van der Waals surface area contributed by atoms with Gasteiger partial charge in [0.25, 0.3) is 0 Å². The molecule has 0 fully saturated rings. The zero-order valence-corrected chi connectivity index (χ0v) is 12.3. The molecule has 1 aromatic heterocycles. The quantitative estimate of drug-likeness (QED) is 0.916. The summed E-state index contributed by atoms with van der Waals surface area (Å²) in [5.74, 6) is -0.0586. The van der Waals surface area contributed by atoms with Crippen molar-refractivity contribution >= 4 is 23.2 Å². The molecule has 2 heterocycles. The number of pyridine rings is 1. The van der Waals surface area contributed by atoms with Crippen LogP contribution in [0.1, 0.15) is 16.8 Å². The van der Waals surface area contributed by atoms with Crippen molar-refractivity contribution in [2.75, 3.05) is 11.9 Å². The first-order valence-electron chi connectivity index (χ1n) is 6.94. The van der Waals surface area contributed by atoms with Crippen molar-refractivity contribution in [3.05, 3.63) is 58.4 Å². The summed E-state index contributed by atoms with van der Waals surface area (Å²) in [6.07, 6.45) is 2.74. The number of carbonyl (C=O) groups excluding carboxylic acids is 1. The molecule has 1 aliphatic rings. The normalized spacial score (nSPS) is 13.6. The van der Waals surface area contributed by atoms with Gasteiger partial charge in [-0.3, -0.25) is 9.78 Å². The first-order chi connectivity index (χ1) is 10.2. The van der Waals surface area contributed by atoms with Crippen LogP contribution in [0.3, 0.4) is 0 Å². The largest absolute Gasteiger partial charge is 0.325 e. The number of fused-ring (bicyclic) bond motifs is 1. The van der Waals surface area contributed by atoms with Gasteiger partial charge >= 0.3 is 0 Å². The molecule has 2 aromatic rings. The highest BCUT2D eigenvalue weighted by atomic mass is 35.5. The summed E-state index contributed by atoms with van der Waals surface area (Å²) in [5.41, 5.74) is 4.11. The third kappa shape index (κ3) is 3.40. The van der Waals surface area contributed by atoms with E-state index in [1.54, 1.807) is 18.3 Å². The Bertz CT molecular complexity index is 655. The Kier molecular flexibility index (Phi) is 4.18. The molecular weight excluding hydrogens is 286 g/mol. The van der Waals surface area contributed by atoms with Gasteiger partial charge in [0.15, 0.2) is 0 Å². The molecule has 0 unspecified atom stereocenters. The lowest BCUT2D eigenvalue weighted by atomic mass is 9.99. The summed E-state index contributed by atoms with van der Waals surface area (Å²) >= 11 is 5.79. The summed E-state index contributed by atoms with van der Waals surface area (Å²) in [4.78, 5) is 16.3. The molecule has 0 saturated heterocycles. The lowest BCUT2D eigenvalue weighted by Gasteiger charge is -2.20. The van der Waals surface area contributed by atoms with Crippen molar-refractivity contribution in [3.63, 3.8) is 0 Å². The van der Waals surface area contributed by atoms with Crippen molar-refractivity contribution < 1.29 is 4.79 Å². The Morgan fingerprint density at radius 3 is 3.05 bits per heavy atom. The van der Waals surface area contributed by atoms with E-state index in [4.69, 9.17) is 11.6 Å². The number of amides is 1. The molecule has 0 bridgehead atoms. The Morgan fingerprint density at radius 2 is 2.24 bits per heavy atom. The highest BCUT2D eigenvalue weighted by Gasteiger charge is 2.14. The molecule has 2 N–H and O–H groups in total. The van der Waals surface area contributed by atoms with E-state index in [1.165, 1.54) is 11.1 Å². The van der Waals surface area contributed by atoms with E-state index in [9.17, 15) is 4.79 Å². The lowest BCUT2D eigenvalue weighted by Crippen LogP contribution is -2.25. The maximum absolute atomic E-state index is 12.2. The van der Waals surface area contributed by atoms with Gasteiger partial charge in [-0.1, -0.05) is 23.7 Å². The molecule has 1 amide bonds. The molecule has 21 heavy (non-hydrogen) atoms. The van der Waals surface area contributed by atoms with E-state index in [1.807, 2.05) is 12.1 Å². The number of rotatable bonds is 3. The Morgan fingerprint density at radius 1 is 1.33 bits per heavy atom. The highest BCUT2D eigenvalue weighted by molar-refractivity contribution is 6.30. The number of halogens is 1. The Hall–Kier alpha value is -1.91. The molecular formula is C16H16ClN3O. The van der Waals surface area contributed by atoms with E-state index in [0.29, 0.717) is 10.7 Å². The number of anilines is 1. The maximum atomic E-state index is 12.2. The first-order valence-corrected chi connectivity index (χ1v) is 7.32. The van der Waals surface area contributed by atoms with Crippen LogP contribution in [0.4, 0.5) is 5.69 Å². The van der Waals surface area contributed by atoms with E-state index in [2.05, 4.69) is 21.7 Å². The summed E-state index contributed by atoms with van der Waals surface area (Å²) in [6.45, 7) is 1.80. The van der Waals surface area contributed by atoms with Crippen LogP contribution in [-0.2, 0) is 24.2 Å². The second kappa shape index (κ2) is 6.24. The Balaban J connectivity index is 1.71. The third-order valence-electron chi connectivity index (χ3n) is 3.54. The second-order valence-electron chi connectivity index (χ2n) is 5.06. The number of nitrogens with one attached hydrogen (secondary N) is 2. The maximum Gasteiger partial charge on any atom is 0.230 e. The van der Waals surface area contributed by atoms with Gasteiger partial charge in [-0.2, -0.15) is 0 Å². The van der Waals surface area contributed by atoms with Crippen molar-refractivity contribution in [2.45, 2.75) is 19.4 Å². The van der Waals surface area contributed by atoms with Gasteiger partial charge in [-0.25, -0.2) is 0 Å². The van der Waals surface area contributed by atoms with Gasteiger partial charge in [-0.05, 0) is 42.3 Å². The molecule has 1 aliphatic heterocycles. The van der Waals surface area contributed by atoms with Crippen molar-refractivity contribution in [1.82, 2.24) is 10.3 Å². The zero-order valence-electron chi connectivity index (χ0n) is 11.5. The fourth-order valence-corrected chi connectivity index (χ4v) is 2.63. The molecule has 4 nitrogen and oxygen atoms in total. The second-order valence-corrected chi connectivity index (χ2v) is 5.50. The minimum Gasteiger partial charge on any atom is -0.325 e. The highest BCUT2D eigenvalue weighted by Crippen LogP contribution is 2.23. The molecule has 0 aliphatic carbocycles. The SMILES string of the molecule is O=C(Cc1ccc(Cl)cn1)Nc1cccc2c1CCNC2. The van der Waals surface area contributed by atoms with E-state index in [0.717, 1.165) is 25.2 Å². The van der Waals surface area contributed by atoms with Crippen LogP contribution in [0, 0.1) is 0 Å². The van der Waals surface area contributed by atoms with E-state index >= 15 is 0 Å². The van der Waals surface area contributed by atoms with E-state index < -0.39 is 0 Å². The van der Waals surface area contributed by atoms with Crippen LogP contribution < -0.4 is 10.6 Å². The van der Waals surface area contributed by atoms with Crippen molar-refractivity contribution in [2.24, 2.45) is 0 Å². The van der Waals surface area contributed by atoms with Crippen LogP contribution in [0.2, 0.25) is 5.02 Å². The van der Waals surface area contributed by atoms with Gasteiger partial charge in [0.1, 0.15) is 0 Å². The van der Waals surface area contributed by atoms with Crippen LogP contribution in [-0.4, -0.2) is 17.4 Å². The van der Waals surface area contributed by atoms with Crippen molar-refractivity contribution in [3.8, 4) is 0 Å². The molecule has 3 rings (SSSR count).